The van der Waals surface area contributed by atoms with Gasteiger partial charge in [-0.15, -0.1) is 22.9 Å². The molecule has 0 bridgehead atoms. The lowest BCUT2D eigenvalue weighted by molar-refractivity contribution is 0.198. The zero-order chi connectivity index (χ0) is 14.0. The maximum Gasteiger partial charge on any atom is 0.252 e. The van der Waals surface area contributed by atoms with Crippen LogP contribution in [0.2, 0.25) is 0 Å². The van der Waals surface area contributed by atoms with Crippen molar-refractivity contribution in [1.29, 1.82) is 0 Å². The molecular formula is C12H19ClN2O2S2. The number of hydrogen-bond donors (Lipinski definition) is 0. The smallest absolute Gasteiger partial charge is 0.252 e. The molecule has 1 aliphatic heterocycles. The molecule has 0 radical (unpaired) electrons. The third kappa shape index (κ3) is 3.31. The Kier molecular flexibility index (Phi) is 4.89. The number of rotatable bonds is 4. The van der Waals surface area contributed by atoms with Gasteiger partial charge in [-0.2, -0.15) is 4.31 Å². The molecule has 0 spiro atoms. The SMILES string of the molecule is CN1CCC(N(C)S(=O)(=O)c2cc(CCl)cs2)CC1. The summed E-state index contributed by atoms with van der Waals surface area (Å²) in [6.45, 7) is 1.89. The molecule has 7 heteroatoms. The molecule has 0 N–H and O–H groups in total. The van der Waals surface area contributed by atoms with E-state index in [1.165, 1.54) is 15.6 Å². The van der Waals surface area contributed by atoms with Crippen LogP contribution in [0, 0.1) is 0 Å². The van der Waals surface area contributed by atoms with Crippen LogP contribution >= 0.6 is 22.9 Å². The van der Waals surface area contributed by atoms with Crippen molar-refractivity contribution < 1.29 is 8.42 Å². The van der Waals surface area contributed by atoms with Crippen LogP contribution in [0.3, 0.4) is 0 Å². The van der Waals surface area contributed by atoms with Crippen molar-refractivity contribution in [3.63, 3.8) is 0 Å². The van der Waals surface area contributed by atoms with Gasteiger partial charge in [0.15, 0.2) is 0 Å². The Morgan fingerprint density at radius 3 is 2.63 bits per heavy atom. The quantitative estimate of drug-likeness (QED) is 0.798. The summed E-state index contributed by atoms with van der Waals surface area (Å²) < 4.78 is 27.0. The van der Waals surface area contributed by atoms with E-state index in [9.17, 15) is 8.42 Å². The summed E-state index contributed by atoms with van der Waals surface area (Å²) in [4.78, 5) is 2.23. The normalized spacial score (nSPS) is 19.2. The Morgan fingerprint density at radius 1 is 1.47 bits per heavy atom. The van der Waals surface area contributed by atoms with Gasteiger partial charge in [0.25, 0.3) is 10.0 Å². The van der Waals surface area contributed by atoms with E-state index in [-0.39, 0.29) is 6.04 Å². The first-order chi connectivity index (χ1) is 8.95. The number of halogens is 1. The summed E-state index contributed by atoms with van der Waals surface area (Å²) in [5.74, 6) is 0.351. The highest BCUT2D eigenvalue weighted by Gasteiger charge is 2.30. The summed E-state index contributed by atoms with van der Waals surface area (Å²) in [6, 6.07) is 1.78. The van der Waals surface area contributed by atoms with E-state index < -0.39 is 10.0 Å². The predicted molar refractivity (Wildman–Crippen MR) is 79.3 cm³/mol. The lowest BCUT2D eigenvalue weighted by Gasteiger charge is -2.34. The maximum absolute atomic E-state index is 12.5. The molecule has 2 heterocycles. The number of nitrogens with zero attached hydrogens (tertiary/aromatic N) is 2. The van der Waals surface area contributed by atoms with Crippen molar-refractivity contribution in [2.24, 2.45) is 0 Å². The largest absolute Gasteiger partial charge is 0.306 e. The predicted octanol–water partition coefficient (Wildman–Crippen LogP) is 2.20. The van der Waals surface area contributed by atoms with Crippen molar-refractivity contribution >= 4 is 33.0 Å². The summed E-state index contributed by atoms with van der Waals surface area (Å²) in [5.41, 5.74) is 0.863. The first-order valence-electron chi connectivity index (χ1n) is 6.25. The second-order valence-corrected chi connectivity index (χ2v) is 8.37. The van der Waals surface area contributed by atoms with E-state index in [1.54, 1.807) is 13.1 Å². The zero-order valence-electron chi connectivity index (χ0n) is 11.2. The zero-order valence-corrected chi connectivity index (χ0v) is 13.6. The molecule has 4 nitrogen and oxygen atoms in total. The third-order valence-electron chi connectivity index (χ3n) is 3.62. The van der Waals surface area contributed by atoms with Crippen molar-refractivity contribution in [2.45, 2.75) is 29.0 Å². The molecule has 0 aromatic carbocycles. The maximum atomic E-state index is 12.5. The summed E-state index contributed by atoms with van der Waals surface area (Å²) in [5, 5.41) is 1.81. The Morgan fingerprint density at radius 2 is 2.11 bits per heavy atom. The molecule has 0 amide bonds. The fourth-order valence-corrected chi connectivity index (χ4v) is 5.31. The van der Waals surface area contributed by atoms with Gasteiger partial charge < -0.3 is 4.90 Å². The van der Waals surface area contributed by atoms with Crippen LogP contribution < -0.4 is 0 Å². The molecule has 108 valence electrons. The average Bonchev–Trinajstić information content (AvgIpc) is 2.88. The molecule has 19 heavy (non-hydrogen) atoms. The summed E-state index contributed by atoms with van der Waals surface area (Å²) in [7, 11) is 0.381. The number of piperidine rings is 1. The lowest BCUT2D eigenvalue weighted by Crippen LogP contribution is -2.44. The minimum Gasteiger partial charge on any atom is -0.306 e. The third-order valence-corrected chi connectivity index (χ3v) is 7.30. The van der Waals surface area contributed by atoms with Crippen molar-refractivity contribution in [3.05, 3.63) is 17.0 Å². The van der Waals surface area contributed by atoms with Crippen molar-refractivity contribution in [3.8, 4) is 0 Å². The lowest BCUT2D eigenvalue weighted by atomic mass is 10.1. The van der Waals surface area contributed by atoms with Crippen LogP contribution in [0.15, 0.2) is 15.7 Å². The van der Waals surface area contributed by atoms with Gasteiger partial charge >= 0.3 is 0 Å². The number of thiophene rings is 1. The molecule has 1 aromatic rings. The van der Waals surface area contributed by atoms with E-state index in [0.717, 1.165) is 31.5 Å². The molecule has 1 fully saturated rings. The molecule has 1 aromatic heterocycles. The summed E-state index contributed by atoms with van der Waals surface area (Å²) >= 11 is 6.98. The fraction of sp³-hybridized carbons (Fsp3) is 0.667. The van der Waals surface area contributed by atoms with Crippen molar-refractivity contribution in [2.75, 3.05) is 27.2 Å². The molecule has 0 aliphatic carbocycles. The Hall–Kier alpha value is -0.140. The molecule has 2 rings (SSSR count). The van der Waals surface area contributed by atoms with Gasteiger partial charge in [0.1, 0.15) is 4.21 Å². The number of likely N-dealkylation sites (tertiary alicyclic amines) is 1. The highest BCUT2D eigenvalue weighted by Crippen LogP contribution is 2.27. The minimum atomic E-state index is -3.37. The van der Waals surface area contributed by atoms with Crippen LogP contribution in [-0.4, -0.2) is 50.8 Å². The standard InChI is InChI=1S/C12H19ClN2O2S2/c1-14-5-3-11(4-6-14)15(2)19(16,17)12-7-10(8-13)9-18-12/h7,9,11H,3-6,8H2,1-2H3. The van der Waals surface area contributed by atoms with Crippen LogP contribution in [-0.2, 0) is 15.9 Å². The number of hydrogen-bond acceptors (Lipinski definition) is 4. The number of alkyl halides is 1. The molecule has 0 atom stereocenters. The Bertz CT molecular complexity index is 522. The first-order valence-corrected chi connectivity index (χ1v) is 9.10. The van der Waals surface area contributed by atoms with Gasteiger partial charge in [-0.05, 0) is 50.0 Å². The van der Waals surface area contributed by atoms with Gasteiger partial charge in [-0.3, -0.25) is 0 Å². The van der Waals surface area contributed by atoms with Gasteiger partial charge in [0.2, 0.25) is 0 Å². The molecule has 0 unspecified atom stereocenters. The monoisotopic (exact) mass is 322 g/mol. The Balaban J connectivity index is 2.14. The second-order valence-electron chi connectivity index (χ2n) is 4.96. The van der Waals surface area contributed by atoms with Crippen molar-refractivity contribution in [1.82, 2.24) is 9.21 Å². The van der Waals surface area contributed by atoms with Gasteiger partial charge in [0, 0.05) is 19.0 Å². The summed E-state index contributed by atoms with van der Waals surface area (Å²) in [6.07, 6.45) is 1.78. The van der Waals surface area contributed by atoms with Gasteiger partial charge in [-0.1, -0.05) is 0 Å². The molecule has 1 saturated heterocycles. The fourth-order valence-electron chi connectivity index (χ4n) is 2.26. The van der Waals surface area contributed by atoms with Gasteiger partial charge in [-0.25, -0.2) is 8.42 Å². The second kappa shape index (κ2) is 6.10. The highest BCUT2D eigenvalue weighted by atomic mass is 35.5. The van der Waals surface area contributed by atoms with E-state index in [4.69, 9.17) is 11.6 Å². The van der Waals surface area contributed by atoms with Crippen LogP contribution in [0.5, 0.6) is 0 Å². The van der Waals surface area contributed by atoms with Crippen LogP contribution in [0.25, 0.3) is 0 Å². The van der Waals surface area contributed by atoms with Gasteiger partial charge in [0.05, 0.1) is 0 Å². The first kappa shape index (κ1) is 15.3. The van der Waals surface area contributed by atoms with E-state index >= 15 is 0 Å². The highest BCUT2D eigenvalue weighted by molar-refractivity contribution is 7.91. The van der Waals surface area contributed by atoms with Crippen LogP contribution in [0.4, 0.5) is 0 Å². The Labute approximate surface area is 124 Å². The molecule has 1 aliphatic rings. The van der Waals surface area contributed by atoms with E-state index in [1.807, 2.05) is 5.38 Å². The molecular weight excluding hydrogens is 304 g/mol. The topological polar surface area (TPSA) is 40.6 Å². The van der Waals surface area contributed by atoms with E-state index in [2.05, 4.69) is 11.9 Å². The van der Waals surface area contributed by atoms with Crippen LogP contribution in [0.1, 0.15) is 18.4 Å². The number of sulfonamides is 1. The average molecular weight is 323 g/mol. The molecule has 0 saturated carbocycles. The minimum absolute atomic E-state index is 0.0998. The van der Waals surface area contributed by atoms with E-state index in [0.29, 0.717) is 10.1 Å².